The van der Waals surface area contributed by atoms with Crippen LogP contribution in [-0.4, -0.2) is 44.2 Å². The van der Waals surface area contributed by atoms with E-state index in [1.807, 2.05) is 0 Å². The fourth-order valence-corrected chi connectivity index (χ4v) is 4.22. The minimum Gasteiger partial charge on any atom is -0.296 e. The summed E-state index contributed by atoms with van der Waals surface area (Å²) in [6.07, 6.45) is 6.68. The van der Waals surface area contributed by atoms with Crippen molar-refractivity contribution in [3.63, 3.8) is 0 Å². The second-order valence-electron chi connectivity index (χ2n) is 5.73. The Balaban J connectivity index is 1.85. The number of rotatable bonds is 5. The SMILES string of the molecule is CCS(=O)(=O)NCCN1[C@H](C)C[C@H]2CCCC[C@@H]21. The number of likely N-dealkylation sites (tertiary alicyclic amines) is 1. The highest BCUT2D eigenvalue weighted by atomic mass is 32.2. The third kappa shape index (κ3) is 3.25. The van der Waals surface area contributed by atoms with Crippen molar-refractivity contribution in [2.75, 3.05) is 18.8 Å². The van der Waals surface area contributed by atoms with Gasteiger partial charge in [0, 0.05) is 25.2 Å². The predicted molar refractivity (Wildman–Crippen MR) is 74.0 cm³/mol. The van der Waals surface area contributed by atoms with Crippen LogP contribution in [0.25, 0.3) is 0 Å². The molecule has 1 heterocycles. The van der Waals surface area contributed by atoms with E-state index in [0.717, 1.165) is 12.5 Å². The van der Waals surface area contributed by atoms with Gasteiger partial charge in [-0.3, -0.25) is 4.90 Å². The molecule has 0 radical (unpaired) electrons. The normalized spacial score (nSPS) is 33.6. The molecule has 1 saturated heterocycles. The summed E-state index contributed by atoms with van der Waals surface area (Å²) in [6.45, 7) is 5.38. The topological polar surface area (TPSA) is 49.4 Å². The van der Waals surface area contributed by atoms with E-state index in [4.69, 9.17) is 0 Å². The van der Waals surface area contributed by atoms with Gasteiger partial charge < -0.3 is 0 Å². The minimum absolute atomic E-state index is 0.175. The molecule has 0 aromatic carbocycles. The monoisotopic (exact) mass is 274 g/mol. The van der Waals surface area contributed by atoms with Crippen molar-refractivity contribution in [2.24, 2.45) is 5.92 Å². The van der Waals surface area contributed by atoms with Gasteiger partial charge in [0.1, 0.15) is 0 Å². The van der Waals surface area contributed by atoms with Gasteiger partial charge in [-0.2, -0.15) is 0 Å². The summed E-state index contributed by atoms with van der Waals surface area (Å²) in [5, 5.41) is 0. The summed E-state index contributed by atoms with van der Waals surface area (Å²) < 4.78 is 25.5. The van der Waals surface area contributed by atoms with Crippen LogP contribution in [0.1, 0.15) is 46.0 Å². The fraction of sp³-hybridized carbons (Fsp3) is 1.00. The number of hydrogen-bond donors (Lipinski definition) is 1. The molecule has 5 heteroatoms. The molecule has 0 spiro atoms. The van der Waals surface area contributed by atoms with Crippen LogP contribution in [0.5, 0.6) is 0 Å². The average molecular weight is 274 g/mol. The zero-order valence-electron chi connectivity index (χ0n) is 11.6. The van der Waals surface area contributed by atoms with Crippen molar-refractivity contribution in [3.05, 3.63) is 0 Å². The molecule has 1 N–H and O–H groups in total. The van der Waals surface area contributed by atoms with Gasteiger partial charge in [-0.1, -0.05) is 12.8 Å². The maximum atomic E-state index is 11.4. The van der Waals surface area contributed by atoms with Gasteiger partial charge in [0.25, 0.3) is 0 Å². The van der Waals surface area contributed by atoms with Crippen molar-refractivity contribution >= 4 is 10.0 Å². The van der Waals surface area contributed by atoms with Crippen LogP contribution < -0.4 is 4.72 Å². The zero-order valence-corrected chi connectivity index (χ0v) is 12.4. The third-order valence-corrected chi connectivity index (χ3v) is 5.98. The molecule has 0 aromatic rings. The van der Waals surface area contributed by atoms with Crippen LogP contribution in [0.2, 0.25) is 0 Å². The highest BCUT2D eigenvalue weighted by molar-refractivity contribution is 7.89. The van der Waals surface area contributed by atoms with Crippen LogP contribution in [0.3, 0.4) is 0 Å². The van der Waals surface area contributed by atoms with Gasteiger partial charge in [-0.25, -0.2) is 13.1 Å². The van der Waals surface area contributed by atoms with E-state index in [9.17, 15) is 8.42 Å². The summed E-state index contributed by atoms with van der Waals surface area (Å²) >= 11 is 0. The molecule has 1 saturated carbocycles. The van der Waals surface area contributed by atoms with E-state index in [-0.39, 0.29) is 5.75 Å². The van der Waals surface area contributed by atoms with Crippen LogP contribution in [0.4, 0.5) is 0 Å². The van der Waals surface area contributed by atoms with E-state index >= 15 is 0 Å². The van der Waals surface area contributed by atoms with E-state index in [1.165, 1.54) is 32.1 Å². The van der Waals surface area contributed by atoms with Gasteiger partial charge in [0.05, 0.1) is 5.75 Å². The van der Waals surface area contributed by atoms with Crippen molar-refractivity contribution < 1.29 is 8.42 Å². The molecule has 0 amide bonds. The molecule has 0 aromatic heterocycles. The summed E-state index contributed by atoms with van der Waals surface area (Å²) in [5.74, 6) is 1.03. The Morgan fingerprint density at radius 3 is 2.72 bits per heavy atom. The fourth-order valence-electron chi connectivity index (χ4n) is 3.62. The quantitative estimate of drug-likeness (QED) is 0.828. The molecule has 1 aliphatic heterocycles. The summed E-state index contributed by atoms with van der Waals surface area (Å²) in [5.41, 5.74) is 0. The molecule has 106 valence electrons. The first-order chi connectivity index (χ1) is 8.53. The maximum Gasteiger partial charge on any atom is 0.211 e. The number of nitrogens with one attached hydrogen (secondary N) is 1. The van der Waals surface area contributed by atoms with Crippen molar-refractivity contribution in [3.8, 4) is 0 Å². The molecule has 2 aliphatic rings. The van der Waals surface area contributed by atoms with Crippen molar-refractivity contribution in [2.45, 2.75) is 58.0 Å². The summed E-state index contributed by atoms with van der Waals surface area (Å²) in [6, 6.07) is 1.32. The lowest BCUT2D eigenvalue weighted by molar-refractivity contribution is 0.160. The molecule has 3 atom stereocenters. The van der Waals surface area contributed by atoms with Gasteiger partial charge in [0.2, 0.25) is 10.0 Å². The summed E-state index contributed by atoms with van der Waals surface area (Å²) in [4.78, 5) is 2.53. The number of nitrogens with zero attached hydrogens (tertiary/aromatic N) is 1. The van der Waals surface area contributed by atoms with Gasteiger partial charge >= 0.3 is 0 Å². The Morgan fingerprint density at radius 1 is 1.28 bits per heavy atom. The first kappa shape index (κ1) is 14.3. The predicted octanol–water partition coefficient (Wildman–Crippen LogP) is 1.58. The molecular formula is C13H26N2O2S. The molecule has 0 bridgehead atoms. The van der Waals surface area contributed by atoms with Crippen LogP contribution >= 0.6 is 0 Å². The minimum atomic E-state index is -3.03. The molecule has 0 unspecified atom stereocenters. The smallest absolute Gasteiger partial charge is 0.211 e. The van der Waals surface area contributed by atoms with Crippen LogP contribution in [0.15, 0.2) is 0 Å². The largest absolute Gasteiger partial charge is 0.296 e. The Morgan fingerprint density at radius 2 is 2.00 bits per heavy atom. The van der Waals surface area contributed by atoms with Gasteiger partial charge in [-0.15, -0.1) is 0 Å². The molecule has 2 rings (SSSR count). The van der Waals surface area contributed by atoms with Crippen molar-refractivity contribution in [1.82, 2.24) is 9.62 Å². The van der Waals surface area contributed by atoms with E-state index in [1.54, 1.807) is 6.92 Å². The van der Waals surface area contributed by atoms with E-state index < -0.39 is 10.0 Å². The highest BCUT2D eigenvalue weighted by Gasteiger charge is 2.39. The average Bonchev–Trinajstić information content (AvgIpc) is 2.66. The third-order valence-electron chi connectivity index (χ3n) is 4.58. The lowest BCUT2D eigenvalue weighted by Gasteiger charge is -2.33. The number of sulfonamides is 1. The standard InChI is InChI=1S/C13H26N2O2S/c1-3-18(16,17)14-8-9-15-11(2)10-12-6-4-5-7-13(12)15/h11-14H,3-10H2,1-2H3/t11-,12-,13+/m1/s1. The number of hydrogen-bond acceptors (Lipinski definition) is 3. The van der Waals surface area contributed by atoms with Crippen LogP contribution in [0, 0.1) is 5.92 Å². The van der Waals surface area contributed by atoms with Crippen LogP contribution in [-0.2, 0) is 10.0 Å². The Labute approximate surface area is 111 Å². The lowest BCUT2D eigenvalue weighted by Crippen LogP contribution is -2.42. The Kier molecular flexibility index (Phi) is 4.67. The lowest BCUT2D eigenvalue weighted by atomic mass is 9.85. The Hall–Kier alpha value is -0.130. The van der Waals surface area contributed by atoms with E-state index in [2.05, 4.69) is 16.5 Å². The second-order valence-corrected chi connectivity index (χ2v) is 7.83. The molecule has 4 nitrogen and oxygen atoms in total. The zero-order chi connectivity index (χ0) is 13.2. The number of fused-ring (bicyclic) bond motifs is 1. The van der Waals surface area contributed by atoms with Crippen molar-refractivity contribution in [1.29, 1.82) is 0 Å². The Bertz CT molecular complexity index is 369. The molecule has 1 aliphatic carbocycles. The van der Waals surface area contributed by atoms with Gasteiger partial charge in [-0.05, 0) is 39.0 Å². The summed E-state index contributed by atoms with van der Waals surface area (Å²) in [7, 11) is -3.03. The maximum absolute atomic E-state index is 11.4. The second kappa shape index (κ2) is 5.88. The molecular weight excluding hydrogens is 248 g/mol. The van der Waals surface area contributed by atoms with E-state index in [0.29, 0.717) is 18.6 Å². The highest BCUT2D eigenvalue weighted by Crippen LogP contribution is 2.39. The molecule has 2 fully saturated rings. The first-order valence-electron chi connectivity index (χ1n) is 7.26. The van der Waals surface area contributed by atoms with Gasteiger partial charge in [0.15, 0.2) is 0 Å². The first-order valence-corrected chi connectivity index (χ1v) is 8.92. The molecule has 18 heavy (non-hydrogen) atoms.